The fourth-order valence-corrected chi connectivity index (χ4v) is 1.94. The van der Waals surface area contributed by atoms with Crippen molar-refractivity contribution >= 4 is 11.9 Å². The molecule has 1 aromatic heterocycles. The lowest BCUT2D eigenvalue weighted by molar-refractivity contribution is -0.140. The number of aromatic nitrogens is 2. The average molecular weight is 224 g/mol. The van der Waals surface area contributed by atoms with Gasteiger partial charge in [0.05, 0.1) is 19.0 Å². The van der Waals surface area contributed by atoms with Crippen LogP contribution in [0, 0.1) is 0 Å². The molecule has 0 atom stereocenters. The Hall–Kier alpha value is -1.85. The molecule has 6 heteroatoms. The largest absolute Gasteiger partial charge is 0.481 e. The van der Waals surface area contributed by atoms with Gasteiger partial charge in [-0.15, -0.1) is 0 Å². The van der Waals surface area contributed by atoms with E-state index in [2.05, 4.69) is 9.84 Å². The number of nitrogens with zero attached hydrogens (tertiary/aromatic N) is 2. The van der Waals surface area contributed by atoms with Crippen LogP contribution in [0.2, 0.25) is 0 Å². The van der Waals surface area contributed by atoms with Crippen LogP contribution >= 0.6 is 0 Å². The van der Waals surface area contributed by atoms with Crippen LogP contribution in [0.1, 0.15) is 28.9 Å². The summed E-state index contributed by atoms with van der Waals surface area (Å²) in [7, 11) is 2.89. The Kier molecular flexibility index (Phi) is 2.22. The van der Waals surface area contributed by atoms with Crippen molar-refractivity contribution in [1.29, 1.82) is 0 Å². The fraction of sp³-hybridized carbons (Fsp3) is 0.500. The van der Waals surface area contributed by atoms with Crippen LogP contribution < -0.4 is 0 Å². The van der Waals surface area contributed by atoms with Crippen molar-refractivity contribution in [2.75, 3.05) is 7.11 Å². The van der Waals surface area contributed by atoms with Crippen molar-refractivity contribution in [1.82, 2.24) is 9.78 Å². The molecule has 6 nitrogen and oxygen atoms in total. The number of ether oxygens (including phenoxy) is 1. The standard InChI is InChI=1S/C10H12N2O4/c1-12-7(10(3-4-10)9(14)15)6(5-11-12)8(13)16-2/h5H,3-4H2,1-2H3,(H,14,15). The Balaban J connectivity index is 2.52. The Morgan fingerprint density at radius 3 is 2.62 bits per heavy atom. The Labute approximate surface area is 91.8 Å². The lowest BCUT2D eigenvalue weighted by atomic mass is 9.99. The van der Waals surface area contributed by atoms with E-state index in [1.165, 1.54) is 18.0 Å². The molecule has 0 aromatic carbocycles. The summed E-state index contributed by atoms with van der Waals surface area (Å²) in [6, 6.07) is 0. The molecule has 0 saturated heterocycles. The number of carboxylic acid groups (broad SMARTS) is 1. The summed E-state index contributed by atoms with van der Waals surface area (Å²) >= 11 is 0. The predicted molar refractivity (Wildman–Crippen MR) is 53.1 cm³/mol. The number of esters is 1. The number of aliphatic carboxylic acids is 1. The number of methoxy groups -OCH3 is 1. The smallest absolute Gasteiger partial charge is 0.341 e. The average Bonchev–Trinajstić information content (AvgIpc) is 2.96. The number of hydrogen-bond donors (Lipinski definition) is 1. The maximum Gasteiger partial charge on any atom is 0.341 e. The van der Waals surface area contributed by atoms with E-state index in [9.17, 15) is 14.7 Å². The van der Waals surface area contributed by atoms with Crippen LogP contribution in [0.3, 0.4) is 0 Å². The van der Waals surface area contributed by atoms with E-state index in [0.717, 1.165) is 0 Å². The summed E-state index contributed by atoms with van der Waals surface area (Å²) in [5, 5.41) is 13.1. The highest BCUT2D eigenvalue weighted by molar-refractivity contribution is 5.95. The van der Waals surface area contributed by atoms with Crippen LogP contribution in [0.5, 0.6) is 0 Å². The molecular formula is C10H12N2O4. The molecule has 0 aliphatic heterocycles. The lowest BCUT2D eigenvalue weighted by Crippen LogP contribution is -2.25. The summed E-state index contributed by atoms with van der Waals surface area (Å²) in [6.45, 7) is 0. The summed E-state index contributed by atoms with van der Waals surface area (Å²) < 4.78 is 6.05. The summed E-state index contributed by atoms with van der Waals surface area (Å²) in [6.07, 6.45) is 2.42. The van der Waals surface area contributed by atoms with Crippen LogP contribution in [-0.4, -0.2) is 33.9 Å². The van der Waals surface area contributed by atoms with Gasteiger partial charge >= 0.3 is 11.9 Å². The minimum Gasteiger partial charge on any atom is -0.481 e. The molecule has 1 N–H and O–H groups in total. The molecule has 1 saturated carbocycles. The molecule has 0 amide bonds. The van der Waals surface area contributed by atoms with Crippen molar-refractivity contribution < 1.29 is 19.4 Å². The van der Waals surface area contributed by atoms with Gasteiger partial charge in [-0.05, 0) is 12.8 Å². The first-order valence-corrected chi connectivity index (χ1v) is 4.87. The zero-order chi connectivity index (χ0) is 11.9. The fourth-order valence-electron chi connectivity index (χ4n) is 1.94. The molecule has 0 unspecified atom stereocenters. The maximum atomic E-state index is 11.5. The number of aryl methyl sites for hydroxylation is 1. The van der Waals surface area contributed by atoms with Gasteiger partial charge in [0.2, 0.25) is 0 Å². The molecule has 16 heavy (non-hydrogen) atoms. The van der Waals surface area contributed by atoms with Gasteiger partial charge in [-0.1, -0.05) is 0 Å². The van der Waals surface area contributed by atoms with Crippen LogP contribution in [0.15, 0.2) is 6.20 Å². The minimum atomic E-state index is -0.950. The summed E-state index contributed by atoms with van der Waals surface area (Å²) in [4.78, 5) is 22.7. The summed E-state index contributed by atoms with van der Waals surface area (Å²) in [5.41, 5.74) is -0.272. The van der Waals surface area contributed by atoms with Gasteiger partial charge in [-0.25, -0.2) is 4.79 Å². The Morgan fingerprint density at radius 2 is 2.19 bits per heavy atom. The Morgan fingerprint density at radius 1 is 1.56 bits per heavy atom. The van der Waals surface area contributed by atoms with Gasteiger partial charge in [-0.3, -0.25) is 9.48 Å². The molecule has 86 valence electrons. The van der Waals surface area contributed by atoms with Crippen molar-refractivity contribution in [3.8, 4) is 0 Å². The maximum absolute atomic E-state index is 11.5. The van der Waals surface area contributed by atoms with E-state index in [4.69, 9.17) is 0 Å². The first kappa shape index (κ1) is 10.7. The van der Waals surface area contributed by atoms with Gasteiger partial charge in [-0.2, -0.15) is 5.10 Å². The van der Waals surface area contributed by atoms with Gasteiger partial charge in [0, 0.05) is 7.05 Å². The first-order valence-electron chi connectivity index (χ1n) is 4.87. The molecule has 1 heterocycles. The number of rotatable bonds is 3. The van der Waals surface area contributed by atoms with E-state index in [1.54, 1.807) is 7.05 Å². The third-order valence-electron chi connectivity index (χ3n) is 2.96. The second-order valence-electron chi connectivity index (χ2n) is 3.91. The first-order chi connectivity index (χ1) is 7.53. The van der Waals surface area contributed by atoms with Gasteiger partial charge in [0.15, 0.2) is 0 Å². The lowest BCUT2D eigenvalue weighted by Gasteiger charge is -2.12. The Bertz CT molecular complexity index is 459. The minimum absolute atomic E-state index is 0.241. The third-order valence-corrected chi connectivity index (χ3v) is 2.96. The molecule has 1 aliphatic carbocycles. The monoisotopic (exact) mass is 224 g/mol. The topological polar surface area (TPSA) is 81.4 Å². The molecule has 1 aromatic rings. The number of carbonyl (C=O) groups is 2. The highest BCUT2D eigenvalue weighted by Crippen LogP contribution is 2.49. The van der Waals surface area contributed by atoms with E-state index < -0.39 is 17.4 Å². The van der Waals surface area contributed by atoms with Gasteiger partial charge in [0.1, 0.15) is 11.0 Å². The molecule has 0 bridgehead atoms. The van der Waals surface area contributed by atoms with Crippen LogP contribution in [-0.2, 0) is 22.0 Å². The molecule has 0 radical (unpaired) electrons. The quantitative estimate of drug-likeness (QED) is 0.748. The highest BCUT2D eigenvalue weighted by atomic mass is 16.5. The summed E-state index contributed by atoms with van der Waals surface area (Å²) in [5.74, 6) is -1.46. The zero-order valence-electron chi connectivity index (χ0n) is 9.06. The predicted octanol–water partition coefficient (Wildman–Crippen LogP) is 0.323. The van der Waals surface area contributed by atoms with Crippen molar-refractivity contribution in [2.45, 2.75) is 18.3 Å². The number of carbonyl (C=O) groups excluding carboxylic acids is 1. The molecule has 1 fully saturated rings. The normalized spacial score (nSPS) is 16.9. The molecule has 1 aliphatic rings. The van der Waals surface area contributed by atoms with E-state index in [0.29, 0.717) is 18.5 Å². The van der Waals surface area contributed by atoms with Crippen molar-refractivity contribution in [3.05, 3.63) is 17.5 Å². The van der Waals surface area contributed by atoms with Crippen molar-refractivity contribution in [2.24, 2.45) is 7.05 Å². The van der Waals surface area contributed by atoms with Crippen LogP contribution in [0.25, 0.3) is 0 Å². The second kappa shape index (κ2) is 3.33. The van der Waals surface area contributed by atoms with Gasteiger partial charge in [0.25, 0.3) is 0 Å². The SMILES string of the molecule is COC(=O)c1cnn(C)c1C1(C(=O)O)CC1. The number of hydrogen-bond acceptors (Lipinski definition) is 4. The molecular weight excluding hydrogens is 212 g/mol. The third kappa shape index (κ3) is 1.30. The highest BCUT2D eigenvalue weighted by Gasteiger charge is 2.55. The zero-order valence-corrected chi connectivity index (χ0v) is 9.06. The van der Waals surface area contributed by atoms with E-state index in [1.807, 2.05) is 0 Å². The van der Waals surface area contributed by atoms with Crippen molar-refractivity contribution in [3.63, 3.8) is 0 Å². The van der Waals surface area contributed by atoms with Crippen LogP contribution in [0.4, 0.5) is 0 Å². The second-order valence-corrected chi connectivity index (χ2v) is 3.91. The van der Waals surface area contributed by atoms with E-state index >= 15 is 0 Å². The van der Waals surface area contributed by atoms with E-state index in [-0.39, 0.29) is 5.56 Å². The molecule has 0 spiro atoms. The molecule has 2 rings (SSSR count). The van der Waals surface area contributed by atoms with Gasteiger partial charge < -0.3 is 9.84 Å². The number of carboxylic acids is 1.